The van der Waals surface area contributed by atoms with Crippen LogP contribution in [0, 0.1) is 11.8 Å². The maximum Gasteiger partial charge on any atom is 0.416 e. The van der Waals surface area contributed by atoms with E-state index in [2.05, 4.69) is 4.98 Å². The molecule has 1 aromatic heterocycles. The van der Waals surface area contributed by atoms with Crippen molar-refractivity contribution >= 4 is 22.9 Å². The molecule has 0 amide bonds. The number of hydrogen-bond donors (Lipinski definition) is 0. The van der Waals surface area contributed by atoms with Gasteiger partial charge in [0.15, 0.2) is 11.6 Å². The number of ketones is 2. The zero-order chi connectivity index (χ0) is 19.3. The van der Waals surface area contributed by atoms with Crippen LogP contribution in [0.1, 0.15) is 48.2 Å². The van der Waals surface area contributed by atoms with E-state index < -0.39 is 17.7 Å². The van der Waals surface area contributed by atoms with Gasteiger partial charge in [-0.1, -0.05) is 19.1 Å². The number of benzene rings is 1. The van der Waals surface area contributed by atoms with Gasteiger partial charge in [-0.05, 0) is 37.8 Å². The highest BCUT2D eigenvalue weighted by molar-refractivity contribution is 7.15. The second kappa shape index (κ2) is 6.55. The number of aromatic nitrogens is 1. The van der Waals surface area contributed by atoms with Gasteiger partial charge < -0.3 is 0 Å². The van der Waals surface area contributed by atoms with Gasteiger partial charge in [0.05, 0.1) is 11.3 Å². The highest BCUT2D eigenvalue weighted by Gasteiger charge is 2.48. The van der Waals surface area contributed by atoms with E-state index in [1.165, 1.54) is 23.5 Å². The first-order chi connectivity index (χ1) is 12.8. The molecule has 3 nitrogen and oxygen atoms in total. The van der Waals surface area contributed by atoms with Gasteiger partial charge in [-0.3, -0.25) is 9.59 Å². The molecular weight excluding hydrogens is 375 g/mol. The topological polar surface area (TPSA) is 47.0 Å². The van der Waals surface area contributed by atoms with Crippen molar-refractivity contribution in [2.24, 2.45) is 11.8 Å². The van der Waals surface area contributed by atoms with Crippen molar-refractivity contribution < 1.29 is 22.8 Å². The summed E-state index contributed by atoms with van der Waals surface area (Å²) < 4.78 is 38.3. The summed E-state index contributed by atoms with van der Waals surface area (Å²) in [4.78, 5) is 31.0. The van der Waals surface area contributed by atoms with E-state index in [0.717, 1.165) is 29.9 Å². The second-order valence-corrected chi connectivity index (χ2v) is 8.28. The van der Waals surface area contributed by atoms with Crippen LogP contribution in [0.5, 0.6) is 0 Å². The molecule has 0 N–H and O–H groups in total. The Morgan fingerprint density at radius 3 is 2.19 bits per heavy atom. The smallest absolute Gasteiger partial charge is 0.298 e. The largest absolute Gasteiger partial charge is 0.416 e. The van der Waals surface area contributed by atoms with E-state index in [4.69, 9.17) is 0 Å². The first-order valence-electron chi connectivity index (χ1n) is 9.04. The summed E-state index contributed by atoms with van der Waals surface area (Å²) in [7, 11) is 0. The summed E-state index contributed by atoms with van der Waals surface area (Å²) in [5.74, 6) is -0.983. The van der Waals surface area contributed by atoms with Crippen LogP contribution in [0.4, 0.5) is 13.2 Å². The molecular formula is C20H18F3NO2S. The quantitative estimate of drug-likeness (QED) is 0.686. The number of carbonyl (C=O) groups is 2. The first kappa shape index (κ1) is 18.3. The summed E-state index contributed by atoms with van der Waals surface area (Å²) in [6.45, 7) is 1.93. The monoisotopic (exact) mass is 393 g/mol. The highest BCUT2D eigenvalue weighted by atomic mass is 32.1. The van der Waals surface area contributed by atoms with Gasteiger partial charge in [-0.25, -0.2) is 4.98 Å². The van der Waals surface area contributed by atoms with Crippen molar-refractivity contribution in [1.82, 2.24) is 4.98 Å². The molecule has 2 aromatic rings. The van der Waals surface area contributed by atoms with Gasteiger partial charge in [0.1, 0.15) is 10.9 Å². The number of Topliss-reactive ketones (excluding diaryl/α,β-unsaturated/α-hetero) is 2. The Morgan fingerprint density at radius 1 is 1.07 bits per heavy atom. The van der Waals surface area contributed by atoms with Crippen LogP contribution in [0.15, 0.2) is 24.3 Å². The molecule has 2 unspecified atom stereocenters. The molecule has 1 heterocycles. The molecule has 4 rings (SSSR count). The minimum atomic E-state index is -4.39. The number of halogens is 3. The summed E-state index contributed by atoms with van der Waals surface area (Å²) in [5, 5.41) is 0.550. The Kier molecular flexibility index (Phi) is 4.45. The molecule has 7 heteroatoms. The lowest BCUT2D eigenvalue weighted by Crippen LogP contribution is -2.35. The Bertz CT molecular complexity index is 879. The Balaban J connectivity index is 1.71. The zero-order valence-corrected chi connectivity index (χ0v) is 15.5. The Hall–Kier alpha value is -2.02. The Labute approximate surface area is 158 Å². The SMILES string of the molecule is CCc1sc(-c2ccc(C(F)(F)F)cc2)nc1C1C(=O)C2CC[C@@H](C2)C1=O. The van der Waals surface area contributed by atoms with Crippen molar-refractivity contribution in [3.05, 3.63) is 40.4 Å². The molecule has 0 saturated heterocycles. The number of thiazole rings is 1. The fraction of sp³-hybridized carbons (Fsp3) is 0.450. The predicted molar refractivity (Wildman–Crippen MR) is 95.5 cm³/mol. The summed E-state index contributed by atoms with van der Waals surface area (Å²) >= 11 is 1.35. The van der Waals surface area contributed by atoms with Crippen LogP contribution in [-0.2, 0) is 22.2 Å². The van der Waals surface area contributed by atoms with Crippen molar-refractivity contribution in [3.8, 4) is 10.6 Å². The van der Waals surface area contributed by atoms with E-state index in [0.29, 0.717) is 29.1 Å². The predicted octanol–water partition coefficient (Wildman–Crippen LogP) is 5.04. The van der Waals surface area contributed by atoms with Crippen molar-refractivity contribution in [3.63, 3.8) is 0 Å². The summed E-state index contributed by atoms with van der Waals surface area (Å²) in [5.41, 5.74) is 0.365. The number of aryl methyl sites for hydroxylation is 1. The van der Waals surface area contributed by atoms with Crippen molar-refractivity contribution in [2.75, 3.05) is 0 Å². The van der Waals surface area contributed by atoms with Crippen molar-refractivity contribution in [2.45, 2.75) is 44.7 Å². The minimum absolute atomic E-state index is 0.0345. The second-order valence-electron chi connectivity index (χ2n) is 7.20. The molecule has 0 radical (unpaired) electrons. The van der Waals surface area contributed by atoms with E-state index in [1.807, 2.05) is 6.92 Å². The number of alkyl halides is 3. The van der Waals surface area contributed by atoms with Crippen LogP contribution in [0.3, 0.4) is 0 Å². The molecule has 27 heavy (non-hydrogen) atoms. The average Bonchev–Trinajstić information content (AvgIpc) is 3.26. The molecule has 2 aliphatic rings. The van der Waals surface area contributed by atoms with Gasteiger partial charge in [0.25, 0.3) is 0 Å². The van der Waals surface area contributed by atoms with E-state index in [-0.39, 0.29) is 23.4 Å². The van der Waals surface area contributed by atoms with Gasteiger partial charge in [0, 0.05) is 22.3 Å². The third-order valence-corrected chi connectivity index (χ3v) is 6.85. The molecule has 0 aliphatic heterocycles. The van der Waals surface area contributed by atoms with Crippen LogP contribution >= 0.6 is 11.3 Å². The fourth-order valence-electron chi connectivity index (χ4n) is 4.15. The van der Waals surface area contributed by atoms with Crippen molar-refractivity contribution in [1.29, 1.82) is 0 Å². The number of fused-ring (bicyclic) bond motifs is 2. The van der Waals surface area contributed by atoms with E-state index in [9.17, 15) is 22.8 Å². The molecule has 2 fully saturated rings. The molecule has 2 bridgehead atoms. The van der Waals surface area contributed by atoms with Gasteiger partial charge in [-0.2, -0.15) is 13.2 Å². The lowest BCUT2D eigenvalue weighted by molar-refractivity contribution is -0.138. The molecule has 3 atom stereocenters. The van der Waals surface area contributed by atoms with Crippen LogP contribution in [0.25, 0.3) is 10.6 Å². The third-order valence-electron chi connectivity index (χ3n) is 5.59. The number of carbonyl (C=O) groups excluding carboxylic acids is 2. The summed E-state index contributed by atoms with van der Waals surface area (Å²) in [6, 6.07) is 4.83. The fourth-order valence-corrected chi connectivity index (χ4v) is 5.19. The van der Waals surface area contributed by atoms with E-state index >= 15 is 0 Å². The first-order valence-corrected chi connectivity index (χ1v) is 9.86. The van der Waals surface area contributed by atoms with Gasteiger partial charge in [0.2, 0.25) is 0 Å². The van der Waals surface area contributed by atoms with Crippen LogP contribution < -0.4 is 0 Å². The normalized spacial score (nSPS) is 25.3. The molecule has 2 aliphatic carbocycles. The lowest BCUT2D eigenvalue weighted by Gasteiger charge is -2.24. The zero-order valence-electron chi connectivity index (χ0n) is 14.7. The highest BCUT2D eigenvalue weighted by Crippen LogP contribution is 2.45. The molecule has 1 aromatic carbocycles. The maximum absolute atomic E-state index is 12.8. The molecule has 142 valence electrons. The third kappa shape index (κ3) is 3.12. The molecule has 0 spiro atoms. The maximum atomic E-state index is 12.8. The number of nitrogens with zero attached hydrogens (tertiary/aromatic N) is 1. The van der Waals surface area contributed by atoms with Gasteiger partial charge >= 0.3 is 6.18 Å². The number of rotatable bonds is 3. The van der Waals surface area contributed by atoms with E-state index in [1.54, 1.807) is 0 Å². The van der Waals surface area contributed by atoms with Crippen LogP contribution in [0.2, 0.25) is 0 Å². The standard InChI is InChI=1S/C20H18F3NO2S/c1-2-14-16(15-17(25)11-3-4-12(9-11)18(15)26)24-19(27-14)10-5-7-13(8-6-10)20(21,22)23/h5-8,11-12,15H,2-4,9H2,1H3/t11-,12?,15?/m0/s1. The number of hydrogen-bond acceptors (Lipinski definition) is 4. The van der Waals surface area contributed by atoms with Gasteiger partial charge in [-0.15, -0.1) is 11.3 Å². The minimum Gasteiger partial charge on any atom is -0.298 e. The Morgan fingerprint density at radius 2 is 1.67 bits per heavy atom. The summed E-state index contributed by atoms with van der Waals surface area (Å²) in [6.07, 6.45) is -1.57. The average molecular weight is 393 g/mol. The lowest BCUT2D eigenvalue weighted by atomic mass is 9.77. The molecule has 2 saturated carbocycles. The van der Waals surface area contributed by atoms with Crippen LogP contribution in [-0.4, -0.2) is 16.6 Å².